The van der Waals surface area contributed by atoms with E-state index in [1.807, 2.05) is 13.0 Å². The Balaban J connectivity index is 1.82. The van der Waals surface area contributed by atoms with Crippen molar-refractivity contribution in [1.82, 2.24) is 13.1 Å². The maximum atomic E-state index is 13.0. The molecule has 1 atom stereocenters. The van der Waals surface area contributed by atoms with Gasteiger partial charge < -0.3 is 20.2 Å². The fraction of sp³-hybridized carbons (Fsp3) is 0.524. The number of anilines is 3. The maximum absolute atomic E-state index is 13.0. The van der Waals surface area contributed by atoms with Crippen molar-refractivity contribution in [3.63, 3.8) is 0 Å². The van der Waals surface area contributed by atoms with Crippen LogP contribution in [0.15, 0.2) is 26.3 Å². The normalized spacial score (nSPS) is 13.6. The zero-order valence-corrected chi connectivity index (χ0v) is 22.3. The van der Waals surface area contributed by atoms with E-state index in [9.17, 15) is 13.5 Å². The van der Waals surface area contributed by atoms with E-state index in [4.69, 9.17) is 4.42 Å². The zero-order valence-electron chi connectivity index (χ0n) is 19.8. The molecular weight excluding hydrogens is 482 g/mol. The van der Waals surface area contributed by atoms with Gasteiger partial charge in [-0.3, -0.25) is 0 Å². The van der Waals surface area contributed by atoms with E-state index in [-0.39, 0.29) is 21.7 Å². The lowest BCUT2D eigenvalue weighted by atomic mass is 10.1. The lowest BCUT2D eigenvalue weighted by Crippen LogP contribution is -2.42. The van der Waals surface area contributed by atoms with Gasteiger partial charge >= 0.3 is 0 Å². The monoisotopic (exact) mass is 513 g/mol. The first-order chi connectivity index (χ1) is 15.4. The quantitative estimate of drug-likeness (QED) is 0.331. The van der Waals surface area contributed by atoms with E-state index >= 15 is 0 Å². The number of sulfonamides is 1. The minimum atomic E-state index is -3.86. The van der Waals surface area contributed by atoms with E-state index < -0.39 is 15.6 Å². The van der Waals surface area contributed by atoms with Gasteiger partial charge in [-0.2, -0.15) is 13.1 Å². The third kappa shape index (κ3) is 5.34. The molecule has 3 rings (SSSR count). The summed E-state index contributed by atoms with van der Waals surface area (Å²) in [5.74, 6) is 1.72. The van der Waals surface area contributed by atoms with Gasteiger partial charge in [-0.15, -0.1) is 11.3 Å². The second-order valence-electron chi connectivity index (χ2n) is 9.06. The number of hydrogen-bond donors (Lipinski definition) is 3. The summed E-state index contributed by atoms with van der Waals surface area (Å²) < 4.78 is 41.4. The molecule has 9 nitrogen and oxygen atoms in total. The topological polar surface area (TPSA) is 121 Å². The van der Waals surface area contributed by atoms with Crippen LogP contribution < -0.4 is 10.6 Å². The molecule has 0 saturated carbocycles. The highest BCUT2D eigenvalue weighted by molar-refractivity contribution is 7.91. The summed E-state index contributed by atoms with van der Waals surface area (Å²) in [7, 11) is -2.36. The second-order valence-corrected chi connectivity index (χ2v) is 12.6. The third-order valence-electron chi connectivity index (χ3n) is 5.38. The van der Waals surface area contributed by atoms with Crippen molar-refractivity contribution >= 4 is 50.4 Å². The van der Waals surface area contributed by atoms with Crippen molar-refractivity contribution in [2.24, 2.45) is 0 Å². The number of furan rings is 1. The van der Waals surface area contributed by atoms with E-state index in [0.717, 1.165) is 40.8 Å². The number of aromatic nitrogens is 2. The van der Waals surface area contributed by atoms with Crippen molar-refractivity contribution < 1.29 is 17.9 Å². The Labute approximate surface area is 203 Å². The Kier molecular flexibility index (Phi) is 7.42. The van der Waals surface area contributed by atoms with Crippen LogP contribution in [0.2, 0.25) is 0 Å². The standard InChI is InChI=1S/C21H31N5O4S3/c1-8-14(16-9-13(10-30-16)12(2)3)22-18-19(25-32-24-18)23-15-11-31-20(17(15)27)33(28,29)26(7)21(4,5)6/h9-12,14,27H,8H2,1-7H3,(H,22,24)(H,23,25)/t14-/m1/s1. The van der Waals surface area contributed by atoms with Crippen molar-refractivity contribution in [1.29, 1.82) is 0 Å². The van der Waals surface area contributed by atoms with E-state index in [2.05, 4.69) is 33.2 Å². The van der Waals surface area contributed by atoms with E-state index in [1.165, 1.54) is 11.4 Å². The van der Waals surface area contributed by atoms with Crippen LogP contribution in [0.4, 0.5) is 17.3 Å². The number of rotatable bonds is 9. The molecule has 3 aromatic rings. The first-order valence-corrected chi connectivity index (χ1v) is 13.6. The van der Waals surface area contributed by atoms with Crippen LogP contribution in [-0.4, -0.2) is 39.2 Å². The number of nitrogens with one attached hydrogen (secondary N) is 2. The van der Waals surface area contributed by atoms with Gasteiger partial charge in [0.2, 0.25) is 0 Å². The van der Waals surface area contributed by atoms with Crippen LogP contribution in [0, 0.1) is 0 Å². The molecule has 3 N–H and O–H groups in total. The lowest BCUT2D eigenvalue weighted by Gasteiger charge is -2.30. The molecule has 0 fully saturated rings. The molecule has 0 aromatic carbocycles. The fourth-order valence-electron chi connectivity index (χ4n) is 2.98. The Morgan fingerprint density at radius 2 is 1.91 bits per heavy atom. The molecule has 0 amide bonds. The molecule has 12 heteroatoms. The summed E-state index contributed by atoms with van der Waals surface area (Å²) in [6.07, 6.45) is 2.52. The molecule has 3 heterocycles. The summed E-state index contributed by atoms with van der Waals surface area (Å²) in [5.41, 5.74) is 0.747. The van der Waals surface area contributed by atoms with Crippen molar-refractivity contribution in [2.45, 2.75) is 69.7 Å². The highest BCUT2D eigenvalue weighted by atomic mass is 32.2. The third-order valence-corrected chi connectivity index (χ3v) is 9.52. The average Bonchev–Trinajstić information content (AvgIpc) is 3.46. The van der Waals surface area contributed by atoms with Gasteiger partial charge in [0.05, 0.1) is 29.7 Å². The van der Waals surface area contributed by atoms with Crippen LogP contribution >= 0.6 is 23.1 Å². The van der Waals surface area contributed by atoms with Crippen LogP contribution in [-0.2, 0) is 10.0 Å². The van der Waals surface area contributed by atoms with Crippen LogP contribution in [0.1, 0.15) is 71.2 Å². The molecule has 0 bridgehead atoms. The Morgan fingerprint density at radius 3 is 2.48 bits per heavy atom. The van der Waals surface area contributed by atoms with Gasteiger partial charge in [0, 0.05) is 18.0 Å². The first-order valence-electron chi connectivity index (χ1n) is 10.6. The maximum Gasteiger partial charge on any atom is 0.256 e. The number of nitrogens with zero attached hydrogens (tertiary/aromatic N) is 3. The van der Waals surface area contributed by atoms with Crippen LogP contribution in [0.5, 0.6) is 5.75 Å². The molecule has 182 valence electrons. The molecule has 0 aliphatic rings. The van der Waals surface area contributed by atoms with Gasteiger partial charge in [0.25, 0.3) is 10.0 Å². The first kappa shape index (κ1) is 25.5. The van der Waals surface area contributed by atoms with Crippen molar-refractivity contribution in [2.75, 3.05) is 17.7 Å². The fourth-order valence-corrected chi connectivity index (χ4v) is 6.36. The number of hydrogen-bond acceptors (Lipinski definition) is 10. The van der Waals surface area contributed by atoms with E-state index in [1.54, 1.807) is 32.4 Å². The molecule has 33 heavy (non-hydrogen) atoms. The van der Waals surface area contributed by atoms with Crippen LogP contribution in [0.3, 0.4) is 0 Å². The largest absolute Gasteiger partial charge is 0.504 e. The molecular formula is C21H31N5O4S3. The molecule has 0 saturated heterocycles. The van der Waals surface area contributed by atoms with E-state index in [0.29, 0.717) is 17.6 Å². The average molecular weight is 514 g/mol. The summed E-state index contributed by atoms with van der Waals surface area (Å²) in [5, 5.41) is 18.6. The Morgan fingerprint density at radius 1 is 1.24 bits per heavy atom. The summed E-state index contributed by atoms with van der Waals surface area (Å²) in [6, 6.07) is 1.92. The van der Waals surface area contributed by atoms with Gasteiger partial charge in [-0.05, 0) is 44.7 Å². The highest BCUT2D eigenvalue weighted by Crippen LogP contribution is 2.42. The molecule has 0 aliphatic carbocycles. The summed E-state index contributed by atoms with van der Waals surface area (Å²) in [6.45, 7) is 11.6. The number of thiophene rings is 1. The zero-order chi connectivity index (χ0) is 24.6. The van der Waals surface area contributed by atoms with Crippen molar-refractivity contribution in [3.8, 4) is 5.75 Å². The minimum Gasteiger partial charge on any atom is -0.504 e. The Bertz CT molecular complexity index is 1190. The van der Waals surface area contributed by atoms with Gasteiger partial charge in [-0.25, -0.2) is 8.42 Å². The van der Waals surface area contributed by atoms with Gasteiger partial charge in [0.15, 0.2) is 21.6 Å². The smallest absolute Gasteiger partial charge is 0.256 e. The predicted octanol–water partition coefficient (Wildman–Crippen LogP) is 5.75. The molecule has 0 radical (unpaired) electrons. The molecule has 0 aliphatic heterocycles. The highest BCUT2D eigenvalue weighted by Gasteiger charge is 2.34. The SMILES string of the molecule is CC[C@@H](Nc1nsnc1Nc1csc(S(=O)(=O)N(C)C(C)(C)C)c1O)c1cc(C(C)C)co1. The van der Waals surface area contributed by atoms with Gasteiger partial charge in [0.1, 0.15) is 5.76 Å². The number of aromatic hydroxyl groups is 1. The van der Waals surface area contributed by atoms with Crippen molar-refractivity contribution in [3.05, 3.63) is 29.0 Å². The summed E-state index contributed by atoms with van der Waals surface area (Å²) >= 11 is 1.96. The minimum absolute atomic E-state index is 0.116. The lowest BCUT2D eigenvalue weighted by molar-refractivity contribution is 0.291. The molecule has 3 aromatic heterocycles. The van der Waals surface area contributed by atoms with Gasteiger partial charge in [-0.1, -0.05) is 20.8 Å². The summed E-state index contributed by atoms with van der Waals surface area (Å²) in [4.78, 5) is 0. The predicted molar refractivity (Wildman–Crippen MR) is 133 cm³/mol. The molecule has 0 spiro atoms. The van der Waals surface area contributed by atoms with Crippen LogP contribution in [0.25, 0.3) is 0 Å². The Hall–Kier alpha value is -2.15. The molecule has 0 unspecified atom stereocenters. The second kappa shape index (κ2) is 9.61.